The molecule has 0 spiro atoms. The zero-order chi connectivity index (χ0) is 21.4. The van der Waals surface area contributed by atoms with Crippen LogP contribution in [0.2, 0.25) is 0 Å². The topological polar surface area (TPSA) is 132 Å². The maximum absolute atomic E-state index is 11.4. The van der Waals surface area contributed by atoms with E-state index in [1.165, 1.54) is 25.1 Å². The standard InChI is InChI=1S/C18H20O10/c1-9(19)24-14-6-7-15(17(25-10(2)20)26-11(3)21)16(8-14)18(27-12(4)22)28-13(5)23/h6-8,17-18H,1-5H3. The summed E-state index contributed by atoms with van der Waals surface area (Å²) in [5, 5.41) is 0. The van der Waals surface area contributed by atoms with Gasteiger partial charge in [0.15, 0.2) is 0 Å². The third kappa shape index (κ3) is 7.44. The van der Waals surface area contributed by atoms with Crippen molar-refractivity contribution in [1.82, 2.24) is 0 Å². The van der Waals surface area contributed by atoms with E-state index in [2.05, 4.69) is 0 Å². The summed E-state index contributed by atoms with van der Waals surface area (Å²) in [6, 6.07) is 3.87. The number of carbonyl (C=O) groups excluding carboxylic acids is 5. The predicted molar refractivity (Wildman–Crippen MR) is 90.3 cm³/mol. The fourth-order valence-corrected chi connectivity index (χ4v) is 2.11. The molecule has 10 nitrogen and oxygen atoms in total. The van der Waals surface area contributed by atoms with E-state index >= 15 is 0 Å². The molecule has 0 heterocycles. The second-order valence-corrected chi connectivity index (χ2v) is 5.49. The van der Waals surface area contributed by atoms with E-state index in [-0.39, 0.29) is 16.9 Å². The number of hydrogen-bond donors (Lipinski definition) is 0. The summed E-state index contributed by atoms with van der Waals surface area (Å²) >= 11 is 0. The van der Waals surface area contributed by atoms with Gasteiger partial charge >= 0.3 is 29.8 Å². The van der Waals surface area contributed by atoms with Crippen molar-refractivity contribution in [2.75, 3.05) is 0 Å². The highest BCUT2D eigenvalue weighted by molar-refractivity contribution is 5.71. The molecule has 0 aliphatic carbocycles. The molecule has 10 heteroatoms. The van der Waals surface area contributed by atoms with Crippen LogP contribution < -0.4 is 4.74 Å². The lowest BCUT2D eigenvalue weighted by Gasteiger charge is -2.24. The van der Waals surface area contributed by atoms with Gasteiger partial charge in [-0.3, -0.25) is 24.0 Å². The molecule has 0 saturated heterocycles. The molecular formula is C18H20O10. The van der Waals surface area contributed by atoms with Gasteiger partial charge in [-0.15, -0.1) is 0 Å². The van der Waals surface area contributed by atoms with Crippen LogP contribution in [0, 0.1) is 0 Å². The van der Waals surface area contributed by atoms with Crippen LogP contribution in [-0.2, 0) is 42.9 Å². The van der Waals surface area contributed by atoms with Gasteiger partial charge in [0, 0.05) is 45.7 Å². The van der Waals surface area contributed by atoms with E-state index in [0.29, 0.717) is 0 Å². The van der Waals surface area contributed by atoms with E-state index in [1.54, 1.807) is 0 Å². The van der Waals surface area contributed by atoms with Crippen molar-refractivity contribution < 1.29 is 47.7 Å². The van der Waals surface area contributed by atoms with Gasteiger partial charge < -0.3 is 23.7 Å². The lowest BCUT2D eigenvalue weighted by molar-refractivity contribution is -0.193. The van der Waals surface area contributed by atoms with Gasteiger partial charge in [-0.2, -0.15) is 0 Å². The Morgan fingerprint density at radius 3 is 1.36 bits per heavy atom. The molecule has 0 saturated carbocycles. The molecule has 0 aromatic heterocycles. The molecule has 0 unspecified atom stereocenters. The Hall–Kier alpha value is -3.43. The lowest BCUT2D eigenvalue weighted by Crippen LogP contribution is -2.21. The predicted octanol–water partition coefficient (Wildman–Crippen LogP) is 1.86. The molecule has 0 atom stereocenters. The minimum absolute atomic E-state index is 0.0277. The van der Waals surface area contributed by atoms with Crippen molar-refractivity contribution >= 4 is 29.8 Å². The van der Waals surface area contributed by atoms with Gasteiger partial charge in [-0.25, -0.2) is 0 Å². The van der Waals surface area contributed by atoms with Crippen LogP contribution in [0.3, 0.4) is 0 Å². The third-order valence-electron chi connectivity index (χ3n) is 2.92. The summed E-state index contributed by atoms with van der Waals surface area (Å²) in [6.07, 6.45) is -3.10. The molecule has 28 heavy (non-hydrogen) atoms. The van der Waals surface area contributed by atoms with Crippen molar-refractivity contribution in [1.29, 1.82) is 0 Å². The van der Waals surface area contributed by atoms with Crippen molar-refractivity contribution in [3.05, 3.63) is 29.3 Å². The number of hydrogen-bond acceptors (Lipinski definition) is 10. The highest BCUT2D eigenvalue weighted by atomic mass is 16.7. The van der Waals surface area contributed by atoms with Gasteiger partial charge in [-0.05, 0) is 18.2 Å². The maximum Gasteiger partial charge on any atom is 0.308 e. The third-order valence-corrected chi connectivity index (χ3v) is 2.92. The highest BCUT2D eigenvalue weighted by Crippen LogP contribution is 2.33. The number of esters is 5. The number of rotatable bonds is 7. The van der Waals surface area contributed by atoms with Crippen LogP contribution in [0.4, 0.5) is 0 Å². The second-order valence-electron chi connectivity index (χ2n) is 5.49. The first-order chi connectivity index (χ1) is 13.0. The monoisotopic (exact) mass is 396 g/mol. The molecule has 0 bridgehead atoms. The second kappa shape index (κ2) is 10.0. The van der Waals surface area contributed by atoms with Crippen molar-refractivity contribution in [2.45, 2.75) is 47.2 Å². The minimum atomic E-state index is -1.57. The minimum Gasteiger partial charge on any atom is -0.427 e. The first kappa shape index (κ1) is 22.6. The van der Waals surface area contributed by atoms with Gasteiger partial charge in [0.1, 0.15) is 5.75 Å². The summed E-state index contributed by atoms with van der Waals surface area (Å²) in [5.74, 6) is -3.71. The van der Waals surface area contributed by atoms with Gasteiger partial charge in [0.05, 0.1) is 0 Å². The van der Waals surface area contributed by atoms with E-state index in [1.807, 2.05) is 0 Å². The molecular weight excluding hydrogens is 376 g/mol. The molecule has 0 aliphatic heterocycles. The largest absolute Gasteiger partial charge is 0.427 e. The SMILES string of the molecule is CC(=O)Oc1ccc(C(OC(C)=O)OC(C)=O)c(C(OC(C)=O)OC(C)=O)c1. The number of ether oxygens (including phenoxy) is 5. The molecule has 1 aromatic rings. The van der Waals surface area contributed by atoms with Gasteiger partial charge in [-0.1, -0.05) is 0 Å². The number of benzene rings is 1. The Balaban J connectivity index is 3.55. The van der Waals surface area contributed by atoms with Crippen LogP contribution in [-0.4, -0.2) is 29.8 Å². The Morgan fingerprint density at radius 2 is 1.00 bits per heavy atom. The van der Waals surface area contributed by atoms with E-state index < -0.39 is 42.4 Å². The van der Waals surface area contributed by atoms with Crippen LogP contribution in [0.15, 0.2) is 18.2 Å². The fraction of sp³-hybridized carbons (Fsp3) is 0.389. The first-order valence-corrected chi connectivity index (χ1v) is 8.00. The molecule has 0 fully saturated rings. The van der Waals surface area contributed by atoms with E-state index in [0.717, 1.165) is 27.7 Å². The van der Waals surface area contributed by atoms with Crippen molar-refractivity contribution in [2.24, 2.45) is 0 Å². The average molecular weight is 396 g/mol. The molecule has 1 aromatic carbocycles. The molecule has 0 N–H and O–H groups in total. The Bertz CT molecular complexity index is 751. The fourth-order valence-electron chi connectivity index (χ4n) is 2.11. The van der Waals surface area contributed by atoms with Crippen molar-refractivity contribution in [3.8, 4) is 5.75 Å². The molecule has 0 amide bonds. The first-order valence-electron chi connectivity index (χ1n) is 8.00. The Kier molecular flexibility index (Phi) is 8.11. The molecule has 152 valence electrons. The Labute approximate surface area is 160 Å². The van der Waals surface area contributed by atoms with Gasteiger partial charge in [0.2, 0.25) is 0 Å². The van der Waals surface area contributed by atoms with E-state index in [9.17, 15) is 24.0 Å². The van der Waals surface area contributed by atoms with Gasteiger partial charge in [0.25, 0.3) is 12.6 Å². The summed E-state index contributed by atoms with van der Waals surface area (Å²) < 4.78 is 25.0. The summed E-state index contributed by atoms with van der Waals surface area (Å²) in [7, 11) is 0. The highest BCUT2D eigenvalue weighted by Gasteiger charge is 2.29. The smallest absolute Gasteiger partial charge is 0.308 e. The normalized spacial score (nSPS) is 10.2. The zero-order valence-electron chi connectivity index (χ0n) is 16.0. The summed E-state index contributed by atoms with van der Waals surface area (Å²) in [4.78, 5) is 56.9. The lowest BCUT2D eigenvalue weighted by atomic mass is 10.1. The summed E-state index contributed by atoms with van der Waals surface area (Å²) in [5.41, 5.74) is 0.00505. The quantitative estimate of drug-likeness (QED) is 0.382. The van der Waals surface area contributed by atoms with Crippen LogP contribution in [0.5, 0.6) is 5.75 Å². The van der Waals surface area contributed by atoms with Crippen LogP contribution in [0.25, 0.3) is 0 Å². The summed E-state index contributed by atoms with van der Waals surface area (Å²) in [6.45, 7) is 5.53. The van der Waals surface area contributed by atoms with Crippen LogP contribution >= 0.6 is 0 Å². The maximum atomic E-state index is 11.4. The molecule has 0 aliphatic rings. The molecule has 1 rings (SSSR count). The Morgan fingerprint density at radius 1 is 0.607 bits per heavy atom. The van der Waals surface area contributed by atoms with E-state index in [4.69, 9.17) is 23.7 Å². The van der Waals surface area contributed by atoms with Crippen LogP contribution in [0.1, 0.15) is 58.3 Å². The van der Waals surface area contributed by atoms with Crippen molar-refractivity contribution in [3.63, 3.8) is 0 Å². The molecule has 0 radical (unpaired) electrons. The zero-order valence-corrected chi connectivity index (χ0v) is 16.0. The average Bonchev–Trinajstić information content (AvgIpc) is 2.51. The number of carbonyl (C=O) groups is 5.